The van der Waals surface area contributed by atoms with E-state index in [0.717, 1.165) is 12.0 Å². The molecule has 0 aliphatic rings. The van der Waals surface area contributed by atoms with Gasteiger partial charge in [0.15, 0.2) is 0 Å². The van der Waals surface area contributed by atoms with Crippen molar-refractivity contribution in [3.63, 3.8) is 0 Å². The van der Waals surface area contributed by atoms with Crippen molar-refractivity contribution in [2.45, 2.75) is 39.0 Å². The first kappa shape index (κ1) is 16.7. The molecule has 0 spiro atoms. The molecule has 0 aliphatic heterocycles. The van der Waals surface area contributed by atoms with Crippen LogP contribution in [0.1, 0.15) is 31.9 Å². The minimum atomic E-state index is -3.67. The van der Waals surface area contributed by atoms with E-state index in [4.69, 9.17) is 5.11 Å². The van der Waals surface area contributed by atoms with Crippen molar-refractivity contribution in [1.29, 1.82) is 0 Å². The lowest BCUT2D eigenvalue weighted by atomic mass is 10.1. The quantitative estimate of drug-likeness (QED) is 0.804. The van der Waals surface area contributed by atoms with Gasteiger partial charge in [-0.1, -0.05) is 45.0 Å². The number of carboxylic acid groups (broad SMARTS) is 1. The van der Waals surface area contributed by atoms with Crippen LogP contribution in [0.4, 0.5) is 0 Å². The second-order valence-electron chi connectivity index (χ2n) is 5.11. The van der Waals surface area contributed by atoms with Gasteiger partial charge < -0.3 is 5.11 Å². The third-order valence-corrected chi connectivity index (χ3v) is 4.35. The maximum atomic E-state index is 12.0. The molecule has 20 heavy (non-hydrogen) atoms. The van der Waals surface area contributed by atoms with Gasteiger partial charge in [0.25, 0.3) is 0 Å². The fourth-order valence-electron chi connectivity index (χ4n) is 1.80. The Hall–Kier alpha value is -1.40. The number of carboxylic acids is 1. The summed E-state index contributed by atoms with van der Waals surface area (Å²) < 4.78 is 26.2. The fraction of sp³-hybridized carbons (Fsp3) is 0.500. The maximum absolute atomic E-state index is 12.0. The second kappa shape index (κ2) is 6.85. The van der Waals surface area contributed by atoms with Crippen LogP contribution in [-0.4, -0.2) is 25.5 Å². The molecule has 5 nitrogen and oxygen atoms in total. The Morgan fingerprint density at radius 1 is 1.20 bits per heavy atom. The molecule has 1 unspecified atom stereocenters. The molecule has 2 N–H and O–H groups in total. The molecule has 0 fully saturated rings. The number of rotatable bonds is 7. The van der Waals surface area contributed by atoms with E-state index in [1.165, 1.54) is 0 Å². The average molecular weight is 299 g/mol. The van der Waals surface area contributed by atoms with E-state index >= 15 is 0 Å². The summed E-state index contributed by atoms with van der Waals surface area (Å²) in [6.45, 7) is 5.35. The van der Waals surface area contributed by atoms with Crippen molar-refractivity contribution in [2.75, 3.05) is 0 Å². The van der Waals surface area contributed by atoms with Crippen LogP contribution in [0.25, 0.3) is 0 Å². The molecule has 0 aliphatic carbocycles. The largest absolute Gasteiger partial charge is 0.480 e. The molecule has 1 rings (SSSR count). The highest BCUT2D eigenvalue weighted by Crippen LogP contribution is 2.10. The molecular formula is C14H21NO4S. The van der Waals surface area contributed by atoms with Crippen molar-refractivity contribution in [1.82, 2.24) is 4.72 Å². The Morgan fingerprint density at radius 2 is 1.70 bits per heavy atom. The van der Waals surface area contributed by atoms with E-state index in [2.05, 4.69) is 4.72 Å². The first-order valence-electron chi connectivity index (χ1n) is 6.55. The number of sulfonamides is 1. The van der Waals surface area contributed by atoms with Gasteiger partial charge in [-0.25, -0.2) is 13.1 Å². The minimum Gasteiger partial charge on any atom is -0.480 e. The predicted octanol–water partition coefficient (Wildman–Crippen LogP) is 1.78. The highest BCUT2D eigenvalue weighted by molar-refractivity contribution is 7.88. The SMILES string of the molecule is CCc1ccc(CS(=O)(=O)NC(C(=O)O)C(C)C)cc1. The summed E-state index contributed by atoms with van der Waals surface area (Å²) in [5.41, 5.74) is 1.77. The molecule has 1 atom stereocenters. The highest BCUT2D eigenvalue weighted by Gasteiger charge is 2.26. The molecule has 112 valence electrons. The van der Waals surface area contributed by atoms with E-state index in [9.17, 15) is 13.2 Å². The fourth-order valence-corrected chi connectivity index (χ4v) is 3.27. The highest BCUT2D eigenvalue weighted by atomic mass is 32.2. The Labute approximate surface area is 120 Å². The number of aliphatic carboxylic acids is 1. The van der Waals surface area contributed by atoms with Gasteiger partial charge in [-0.15, -0.1) is 0 Å². The summed E-state index contributed by atoms with van der Waals surface area (Å²) in [6.07, 6.45) is 0.889. The maximum Gasteiger partial charge on any atom is 0.321 e. The minimum absolute atomic E-state index is 0.215. The Kier molecular flexibility index (Phi) is 5.71. The van der Waals surface area contributed by atoms with Gasteiger partial charge in [0.2, 0.25) is 10.0 Å². The molecule has 0 radical (unpaired) electrons. The predicted molar refractivity (Wildman–Crippen MR) is 77.8 cm³/mol. The lowest BCUT2D eigenvalue weighted by Crippen LogP contribution is -2.44. The summed E-state index contributed by atoms with van der Waals surface area (Å²) in [5.74, 6) is -1.69. The van der Waals surface area contributed by atoms with Gasteiger partial charge in [-0.2, -0.15) is 0 Å². The molecular weight excluding hydrogens is 278 g/mol. The molecule has 0 saturated carbocycles. The van der Waals surface area contributed by atoms with Crippen LogP contribution in [0.15, 0.2) is 24.3 Å². The first-order valence-corrected chi connectivity index (χ1v) is 8.21. The van der Waals surface area contributed by atoms with Gasteiger partial charge >= 0.3 is 5.97 Å². The molecule has 0 bridgehead atoms. The van der Waals surface area contributed by atoms with Crippen LogP contribution in [0, 0.1) is 5.92 Å². The van der Waals surface area contributed by atoms with Gasteiger partial charge in [-0.05, 0) is 23.5 Å². The summed E-state index contributed by atoms with van der Waals surface area (Å²) >= 11 is 0. The first-order chi connectivity index (χ1) is 9.25. The topological polar surface area (TPSA) is 83.5 Å². The monoisotopic (exact) mass is 299 g/mol. The van der Waals surface area contributed by atoms with Crippen LogP contribution in [0.2, 0.25) is 0 Å². The summed E-state index contributed by atoms with van der Waals surface area (Å²) in [6, 6.07) is 6.16. The van der Waals surface area contributed by atoms with E-state index in [1.54, 1.807) is 26.0 Å². The standard InChI is InChI=1S/C14H21NO4S/c1-4-11-5-7-12(8-6-11)9-20(18,19)15-13(10(2)3)14(16)17/h5-8,10,13,15H,4,9H2,1-3H3,(H,16,17). The lowest BCUT2D eigenvalue weighted by Gasteiger charge is -2.18. The van der Waals surface area contributed by atoms with E-state index in [-0.39, 0.29) is 11.7 Å². The van der Waals surface area contributed by atoms with Gasteiger partial charge in [-0.3, -0.25) is 4.79 Å². The summed E-state index contributed by atoms with van der Waals surface area (Å²) in [7, 11) is -3.67. The molecule has 0 amide bonds. The van der Waals surface area contributed by atoms with Crippen LogP contribution >= 0.6 is 0 Å². The lowest BCUT2D eigenvalue weighted by molar-refractivity contribution is -0.140. The van der Waals surface area contributed by atoms with E-state index < -0.39 is 22.0 Å². The zero-order valence-electron chi connectivity index (χ0n) is 12.0. The van der Waals surface area contributed by atoms with Crippen LogP contribution in [0.5, 0.6) is 0 Å². The van der Waals surface area contributed by atoms with Gasteiger partial charge in [0.1, 0.15) is 6.04 Å². The average Bonchev–Trinajstić information content (AvgIpc) is 2.36. The third kappa shape index (κ3) is 4.94. The van der Waals surface area contributed by atoms with Crippen LogP contribution in [0.3, 0.4) is 0 Å². The normalized spacial score (nSPS) is 13.4. The molecule has 1 aromatic rings. The number of nitrogens with one attached hydrogen (secondary N) is 1. The second-order valence-corrected chi connectivity index (χ2v) is 6.86. The number of aryl methyl sites for hydroxylation is 1. The Bertz CT molecular complexity index is 549. The number of hydrogen-bond acceptors (Lipinski definition) is 3. The molecule has 6 heteroatoms. The molecule has 0 aromatic heterocycles. The van der Waals surface area contributed by atoms with E-state index in [0.29, 0.717) is 5.56 Å². The zero-order valence-corrected chi connectivity index (χ0v) is 12.8. The number of benzene rings is 1. The molecule has 1 aromatic carbocycles. The zero-order chi connectivity index (χ0) is 15.3. The number of carbonyl (C=O) groups is 1. The van der Waals surface area contributed by atoms with Crippen molar-refractivity contribution in [3.8, 4) is 0 Å². The van der Waals surface area contributed by atoms with E-state index in [1.807, 2.05) is 19.1 Å². The van der Waals surface area contributed by atoms with Crippen LogP contribution < -0.4 is 4.72 Å². The van der Waals surface area contributed by atoms with Crippen molar-refractivity contribution >= 4 is 16.0 Å². The van der Waals surface area contributed by atoms with Gasteiger partial charge in [0, 0.05) is 0 Å². The van der Waals surface area contributed by atoms with Crippen molar-refractivity contribution < 1.29 is 18.3 Å². The van der Waals surface area contributed by atoms with Crippen LogP contribution in [-0.2, 0) is 27.0 Å². The van der Waals surface area contributed by atoms with Crippen molar-refractivity contribution in [2.24, 2.45) is 5.92 Å². The summed E-state index contributed by atoms with van der Waals surface area (Å²) in [4.78, 5) is 11.0. The van der Waals surface area contributed by atoms with Gasteiger partial charge in [0.05, 0.1) is 5.75 Å². The van der Waals surface area contributed by atoms with Crippen molar-refractivity contribution in [3.05, 3.63) is 35.4 Å². The third-order valence-electron chi connectivity index (χ3n) is 3.03. The Balaban J connectivity index is 2.80. The number of hydrogen-bond donors (Lipinski definition) is 2. The molecule has 0 heterocycles. The summed E-state index contributed by atoms with van der Waals surface area (Å²) in [5, 5.41) is 9.01. The molecule has 0 saturated heterocycles. The Morgan fingerprint density at radius 3 is 2.10 bits per heavy atom. The smallest absolute Gasteiger partial charge is 0.321 e.